The van der Waals surface area contributed by atoms with E-state index in [1.807, 2.05) is 12.1 Å². The van der Waals surface area contributed by atoms with Crippen LogP contribution in [-0.2, 0) is 4.74 Å². The summed E-state index contributed by atoms with van der Waals surface area (Å²) < 4.78 is 5.96. The third kappa shape index (κ3) is 7.21. The van der Waals surface area contributed by atoms with Crippen LogP contribution in [0.2, 0.25) is 5.02 Å². The normalized spacial score (nSPS) is 22.3. The molecule has 1 fully saturated rings. The summed E-state index contributed by atoms with van der Waals surface area (Å²) in [5.41, 5.74) is 1.35. The van der Waals surface area contributed by atoms with Crippen molar-refractivity contribution in [2.75, 3.05) is 13.2 Å². The maximum atomic E-state index is 6.00. The zero-order chi connectivity index (χ0) is 19.2. The van der Waals surface area contributed by atoms with Crippen molar-refractivity contribution < 1.29 is 4.74 Å². The van der Waals surface area contributed by atoms with Gasteiger partial charge in [0.1, 0.15) is 0 Å². The van der Waals surface area contributed by atoms with Crippen LogP contribution in [0.25, 0.3) is 0 Å². The van der Waals surface area contributed by atoms with Crippen molar-refractivity contribution in [1.82, 2.24) is 5.32 Å². The second kappa shape index (κ2) is 10.1. The van der Waals surface area contributed by atoms with Crippen molar-refractivity contribution in [2.24, 2.45) is 17.8 Å². The van der Waals surface area contributed by atoms with Crippen LogP contribution in [-0.4, -0.2) is 18.8 Å². The molecule has 2 nitrogen and oxygen atoms in total. The number of hydrogen-bond donors (Lipinski definition) is 1. The molecule has 1 aromatic rings. The summed E-state index contributed by atoms with van der Waals surface area (Å²) in [5, 5.41) is 4.52. The first kappa shape index (κ1) is 21.7. The summed E-state index contributed by atoms with van der Waals surface area (Å²) in [6, 6.07) is 8.56. The molecule has 0 saturated carbocycles. The fraction of sp³-hybridized carbons (Fsp3) is 0.739. The molecule has 0 amide bonds. The molecule has 1 aliphatic heterocycles. The molecule has 148 valence electrons. The van der Waals surface area contributed by atoms with Crippen LogP contribution in [0.15, 0.2) is 24.3 Å². The highest BCUT2D eigenvalue weighted by Gasteiger charge is 2.33. The van der Waals surface area contributed by atoms with Crippen molar-refractivity contribution in [3.05, 3.63) is 34.9 Å². The monoisotopic (exact) mass is 379 g/mol. The van der Waals surface area contributed by atoms with Crippen LogP contribution < -0.4 is 5.32 Å². The van der Waals surface area contributed by atoms with Crippen LogP contribution >= 0.6 is 11.6 Å². The maximum absolute atomic E-state index is 6.00. The second-order valence-corrected chi connectivity index (χ2v) is 9.54. The predicted molar refractivity (Wildman–Crippen MR) is 113 cm³/mol. The third-order valence-electron chi connectivity index (χ3n) is 5.85. The first-order chi connectivity index (χ1) is 12.3. The first-order valence-corrected chi connectivity index (χ1v) is 10.8. The Hall–Kier alpha value is -0.570. The van der Waals surface area contributed by atoms with E-state index >= 15 is 0 Å². The average molecular weight is 380 g/mol. The highest BCUT2D eigenvalue weighted by molar-refractivity contribution is 6.30. The Bertz CT molecular complexity index is 526. The van der Waals surface area contributed by atoms with Gasteiger partial charge in [0, 0.05) is 17.7 Å². The summed E-state index contributed by atoms with van der Waals surface area (Å²) in [7, 11) is 0. The SMILES string of the molecule is CC(C)CC[C@@H](CCN[C@@H](C)c1ccc(Cl)cc1)[C@@H]1CCOC(C)(C)C1. The van der Waals surface area contributed by atoms with E-state index < -0.39 is 0 Å². The quantitative estimate of drug-likeness (QED) is 0.519. The van der Waals surface area contributed by atoms with Crippen molar-refractivity contribution in [1.29, 1.82) is 0 Å². The Morgan fingerprint density at radius 1 is 1.12 bits per heavy atom. The maximum Gasteiger partial charge on any atom is 0.0629 e. The topological polar surface area (TPSA) is 21.3 Å². The largest absolute Gasteiger partial charge is 0.376 e. The van der Waals surface area contributed by atoms with Gasteiger partial charge in [0.25, 0.3) is 0 Å². The number of halogens is 1. The Morgan fingerprint density at radius 2 is 1.81 bits per heavy atom. The molecular formula is C23H38ClNO. The summed E-state index contributed by atoms with van der Waals surface area (Å²) in [6.45, 7) is 13.4. The van der Waals surface area contributed by atoms with E-state index in [1.165, 1.54) is 37.7 Å². The van der Waals surface area contributed by atoms with E-state index in [2.05, 4.69) is 52.1 Å². The van der Waals surface area contributed by atoms with Gasteiger partial charge in [0.05, 0.1) is 5.60 Å². The van der Waals surface area contributed by atoms with Gasteiger partial charge >= 0.3 is 0 Å². The molecule has 0 aliphatic carbocycles. The van der Waals surface area contributed by atoms with Gasteiger partial charge < -0.3 is 10.1 Å². The molecule has 0 spiro atoms. The van der Waals surface area contributed by atoms with Gasteiger partial charge in [-0.1, -0.05) is 44.0 Å². The zero-order valence-electron chi connectivity index (χ0n) is 17.4. The van der Waals surface area contributed by atoms with Crippen molar-refractivity contribution >= 4 is 11.6 Å². The Kier molecular flexibility index (Phi) is 8.44. The minimum absolute atomic E-state index is 0.0447. The van der Waals surface area contributed by atoms with E-state index in [0.29, 0.717) is 6.04 Å². The zero-order valence-corrected chi connectivity index (χ0v) is 18.1. The molecular weight excluding hydrogens is 342 g/mol. The standard InChI is InChI=1S/C23H38ClNO/c1-17(2)6-7-20(21-13-15-26-23(4,5)16-21)12-14-25-18(3)19-8-10-22(24)11-9-19/h8-11,17-18,20-21,25H,6-7,12-16H2,1-5H3/t18-,20-,21+/m0/s1. The number of hydrogen-bond acceptors (Lipinski definition) is 2. The molecule has 1 saturated heterocycles. The smallest absolute Gasteiger partial charge is 0.0629 e. The minimum atomic E-state index is 0.0447. The summed E-state index contributed by atoms with van der Waals surface area (Å²) in [6.07, 6.45) is 6.34. The van der Waals surface area contributed by atoms with Crippen molar-refractivity contribution in [2.45, 2.75) is 78.4 Å². The van der Waals surface area contributed by atoms with E-state index in [0.717, 1.165) is 35.9 Å². The molecule has 1 aromatic carbocycles. The van der Waals surface area contributed by atoms with Gasteiger partial charge in [-0.25, -0.2) is 0 Å². The van der Waals surface area contributed by atoms with Gasteiger partial charge in [-0.2, -0.15) is 0 Å². The van der Waals surface area contributed by atoms with Crippen LogP contribution in [0, 0.1) is 17.8 Å². The lowest BCUT2D eigenvalue weighted by molar-refractivity contribution is -0.0840. The van der Waals surface area contributed by atoms with Crippen LogP contribution in [0.5, 0.6) is 0 Å². The lowest BCUT2D eigenvalue weighted by atomic mass is 9.75. The van der Waals surface area contributed by atoms with E-state index in [4.69, 9.17) is 16.3 Å². The van der Waals surface area contributed by atoms with Gasteiger partial charge in [0.15, 0.2) is 0 Å². The van der Waals surface area contributed by atoms with Gasteiger partial charge in [0.2, 0.25) is 0 Å². The van der Waals surface area contributed by atoms with Crippen LogP contribution in [0.3, 0.4) is 0 Å². The first-order valence-electron chi connectivity index (χ1n) is 10.4. The molecule has 0 radical (unpaired) electrons. The molecule has 1 N–H and O–H groups in total. The summed E-state index contributed by atoms with van der Waals surface area (Å²) >= 11 is 6.00. The summed E-state index contributed by atoms with van der Waals surface area (Å²) in [4.78, 5) is 0. The number of benzene rings is 1. The summed E-state index contributed by atoms with van der Waals surface area (Å²) in [5.74, 6) is 2.38. The molecule has 3 heteroatoms. The van der Waals surface area contributed by atoms with E-state index in [-0.39, 0.29) is 5.60 Å². The molecule has 0 bridgehead atoms. The van der Waals surface area contributed by atoms with Crippen molar-refractivity contribution in [3.8, 4) is 0 Å². The average Bonchev–Trinajstić information content (AvgIpc) is 2.57. The van der Waals surface area contributed by atoms with E-state index in [9.17, 15) is 0 Å². The number of rotatable bonds is 9. The predicted octanol–water partition coefficient (Wildman–Crippen LogP) is 6.64. The molecule has 1 aliphatic rings. The van der Waals surface area contributed by atoms with Crippen molar-refractivity contribution in [3.63, 3.8) is 0 Å². The van der Waals surface area contributed by atoms with Gasteiger partial charge in [-0.15, -0.1) is 0 Å². The molecule has 3 atom stereocenters. The Labute approximate surface area is 166 Å². The second-order valence-electron chi connectivity index (χ2n) is 9.11. The lowest BCUT2D eigenvalue weighted by Gasteiger charge is -2.39. The molecule has 1 heterocycles. The minimum Gasteiger partial charge on any atom is -0.376 e. The number of nitrogens with one attached hydrogen (secondary N) is 1. The molecule has 26 heavy (non-hydrogen) atoms. The highest BCUT2D eigenvalue weighted by Crippen LogP contribution is 2.37. The fourth-order valence-corrected chi connectivity index (χ4v) is 4.33. The van der Waals surface area contributed by atoms with Crippen LogP contribution in [0.1, 0.15) is 78.3 Å². The lowest BCUT2D eigenvalue weighted by Crippen LogP contribution is -2.37. The van der Waals surface area contributed by atoms with Gasteiger partial charge in [-0.3, -0.25) is 0 Å². The molecule has 2 rings (SSSR count). The number of ether oxygens (including phenoxy) is 1. The molecule has 0 aromatic heterocycles. The molecule has 0 unspecified atom stereocenters. The Balaban J connectivity index is 1.88. The third-order valence-corrected chi connectivity index (χ3v) is 6.10. The van der Waals surface area contributed by atoms with Crippen LogP contribution in [0.4, 0.5) is 0 Å². The Morgan fingerprint density at radius 3 is 2.42 bits per heavy atom. The van der Waals surface area contributed by atoms with Gasteiger partial charge in [-0.05, 0) is 88.4 Å². The highest BCUT2D eigenvalue weighted by atomic mass is 35.5. The fourth-order valence-electron chi connectivity index (χ4n) is 4.20. The van der Waals surface area contributed by atoms with E-state index in [1.54, 1.807) is 0 Å².